The van der Waals surface area contributed by atoms with Crippen LogP contribution in [-0.2, 0) is 11.2 Å². The lowest BCUT2D eigenvalue weighted by Gasteiger charge is -2.40. The van der Waals surface area contributed by atoms with Gasteiger partial charge in [0.25, 0.3) is 0 Å². The molecule has 4 heteroatoms. The molecule has 2 aromatic carbocycles. The number of anilines is 1. The largest absolute Gasteiger partial charge is 0.488 e. The van der Waals surface area contributed by atoms with Crippen molar-refractivity contribution in [2.75, 3.05) is 31.2 Å². The van der Waals surface area contributed by atoms with Gasteiger partial charge in [-0.3, -0.25) is 0 Å². The van der Waals surface area contributed by atoms with E-state index in [0.717, 1.165) is 64.0 Å². The molecule has 1 N–H and O–H groups in total. The van der Waals surface area contributed by atoms with Crippen molar-refractivity contribution in [3.63, 3.8) is 0 Å². The van der Waals surface area contributed by atoms with Crippen molar-refractivity contribution in [2.45, 2.75) is 83.3 Å². The number of aliphatic hydroxyl groups is 1. The van der Waals surface area contributed by atoms with Crippen molar-refractivity contribution in [3.8, 4) is 5.75 Å². The summed E-state index contributed by atoms with van der Waals surface area (Å²) in [7, 11) is 0. The second-order valence-corrected chi connectivity index (χ2v) is 13.3. The normalized spacial score (nSPS) is 26.4. The van der Waals surface area contributed by atoms with Crippen LogP contribution in [0.5, 0.6) is 5.75 Å². The molecule has 208 valence electrons. The van der Waals surface area contributed by atoms with Crippen LogP contribution in [0.15, 0.2) is 66.3 Å². The molecule has 2 aliphatic heterocycles. The first-order valence-corrected chi connectivity index (χ1v) is 15.1. The van der Waals surface area contributed by atoms with Crippen LogP contribution >= 0.6 is 0 Å². The molecule has 0 aromatic heterocycles. The van der Waals surface area contributed by atoms with Gasteiger partial charge in [-0.1, -0.05) is 36.4 Å². The Labute approximate surface area is 234 Å². The molecule has 1 spiro atoms. The molecule has 0 bridgehead atoms. The summed E-state index contributed by atoms with van der Waals surface area (Å²) in [4.78, 5) is 2.54. The smallest absolute Gasteiger partial charge is 0.120 e. The van der Waals surface area contributed by atoms with Gasteiger partial charge in [0.2, 0.25) is 0 Å². The predicted molar refractivity (Wildman–Crippen MR) is 159 cm³/mol. The number of aliphatic hydroxyl groups excluding tert-OH is 1. The van der Waals surface area contributed by atoms with Crippen LogP contribution in [0.3, 0.4) is 0 Å². The molecule has 2 aliphatic carbocycles. The molecular formula is C35H45NO3. The molecule has 2 heterocycles. The van der Waals surface area contributed by atoms with Gasteiger partial charge in [0.1, 0.15) is 11.4 Å². The van der Waals surface area contributed by atoms with E-state index in [9.17, 15) is 5.11 Å². The third kappa shape index (κ3) is 5.69. The first-order chi connectivity index (χ1) is 18.8. The highest BCUT2D eigenvalue weighted by atomic mass is 16.5. The Morgan fingerprint density at radius 3 is 2.51 bits per heavy atom. The standard InChI is InChI=1S/C35H45NO3/c1-34(2,3)39-29-14-16-32-27(21-29)11-15-31(25-7-5-4-6-8-25)33(32)26-9-12-28(13-10-26)36-19-17-35(18-20-36)22-30(23-37)38-24-35/h5,7-10,12-14,16,21,30-31,33,37H,4,6,11,15,17-20,22-24H2,1-3H3. The van der Waals surface area contributed by atoms with E-state index in [1.54, 1.807) is 0 Å². The Bertz CT molecular complexity index is 1210. The summed E-state index contributed by atoms with van der Waals surface area (Å²) in [5, 5.41) is 9.52. The van der Waals surface area contributed by atoms with Crippen LogP contribution in [0.2, 0.25) is 0 Å². The zero-order valence-electron chi connectivity index (χ0n) is 24.0. The second kappa shape index (κ2) is 10.8. The number of fused-ring (bicyclic) bond motifs is 1. The summed E-state index contributed by atoms with van der Waals surface area (Å²) >= 11 is 0. The lowest BCUT2D eigenvalue weighted by molar-refractivity contribution is 0.0506. The number of hydrogen-bond donors (Lipinski definition) is 1. The van der Waals surface area contributed by atoms with Crippen molar-refractivity contribution in [1.82, 2.24) is 0 Å². The summed E-state index contributed by atoms with van der Waals surface area (Å²) in [6.07, 6.45) is 15.1. The molecule has 0 saturated carbocycles. The van der Waals surface area contributed by atoms with Crippen LogP contribution in [0.25, 0.3) is 0 Å². The minimum Gasteiger partial charge on any atom is -0.488 e. The third-order valence-corrected chi connectivity index (χ3v) is 9.38. The van der Waals surface area contributed by atoms with E-state index >= 15 is 0 Å². The van der Waals surface area contributed by atoms with Gasteiger partial charge in [0.15, 0.2) is 0 Å². The number of nitrogens with zero attached hydrogens (tertiary/aromatic N) is 1. The van der Waals surface area contributed by atoms with Crippen molar-refractivity contribution < 1.29 is 14.6 Å². The maximum absolute atomic E-state index is 9.52. The molecule has 4 nitrogen and oxygen atoms in total. The van der Waals surface area contributed by atoms with Gasteiger partial charge in [-0.05, 0) is 124 Å². The summed E-state index contributed by atoms with van der Waals surface area (Å²) in [5.41, 5.74) is 7.21. The summed E-state index contributed by atoms with van der Waals surface area (Å²) in [6, 6.07) is 16.3. The van der Waals surface area contributed by atoms with Gasteiger partial charge < -0.3 is 19.5 Å². The Hall–Kier alpha value is -2.56. The molecule has 6 rings (SSSR count). The quantitative estimate of drug-likeness (QED) is 0.446. The fourth-order valence-electron chi connectivity index (χ4n) is 7.39. The Morgan fingerprint density at radius 1 is 1.05 bits per heavy atom. The van der Waals surface area contributed by atoms with E-state index in [1.165, 1.54) is 34.4 Å². The second-order valence-electron chi connectivity index (χ2n) is 13.3. The Balaban J connectivity index is 1.24. The SMILES string of the molecule is CC(C)(C)Oc1ccc2c(c1)CCC(C1=CCCC=C1)C2c1ccc(N2CCC3(CC2)COC(CO)C3)cc1. The molecule has 4 aliphatic rings. The maximum atomic E-state index is 9.52. The summed E-state index contributed by atoms with van der Waals surface area (Å²) in [5.74, 6) is 1.84. The topological polar surface area (TPSA) is 41.9 Å². The number of hydrogen-bond acceptors (Lipinski definition) is 4. The van der Waals surface area contributed by atoms with Gasteiger partial charge in [0, 0.05) is 24.7 Å². The zero-order valence-corrected chi connectivity index (χ0v) is 24.0. The van der Waals surface area contributed by atoms with Gasteiger partial charge >= 0.3 is 0 Å². The number of aryl methyl sites for hydroxylation is 1. The number of ether oxygens (including phenoxy) is 2. The molecule has 0 amide bonds. The van der Waals surface area contributed by atoms with Gasteiger partial charge in [-0.2, -0.15) is 0 Å². The van der Waals surface area contributed by atoms with E-state index < -0.39 is 0 Å². The highest BCUT2D eigenvalue weighted by Crippen LogP contribution is 2.47. The van der Waals surface area contributed by atoms with E-state index in [0.29, 0.717) is 11.8 Å². The molecular weight excluding hydrogens is 482 g/mol. The van der Waals surface area contributed by atoms with Gasteiger partial charge in [-0.25, -0.2) is 0 Å². The Kier molecular flexibility index (Phi) is 7.37. The summed E-state index contributed by atoms with van der Waals surface area (Å²) in [6.45, 7) is 9.42. The van der Waals surface area contributed by atoms with Crippen molar-refractivity contribution in [1.29, 1.82) is 0 Å². The lowest BCUT2D eigenvalue weighted by Crippen LogP contribution is -2.40. The van der Waals surface area contributed by atoms with Crippen LogP contribution < -0.4 is 9.64 Å². The fraction of sp³-hybridized carbons (Fsp3) is 0.543. The van der Waals surface area contributed by atoms with Crippen LogP contribution in [-0.4, -0.2) is 43.1 Å². The molecule has 2 aromatic rings. The number of benzene rings is 2. The highest BCUT2D eigenvalue weighted by Gasteiger charge is 2.42. The van der Waals surface area contributed by atoms with Crippen LogP contribution in [0, 0.1) is 11.3 Å². The fourth-order valence-corrected chi connectivity index (χ4v) is 7.39. The molecule has 39 heavy (non-hydrogen) atoms. The zero-order chi connectivity index (χ0) is 27.0. The molecule has 0 radical (unpaired) electrons. The van der Waals surface area contributed by atoms with E-state index in [2.05, 4.69) is 86.4 Å². The Morgan fingerprint density at radius 2 is 1.85 bits per heavy atom. The average Bonchev–Trinajstić information content (AvgIpc) is 3.35. The van der Waals surface area contributed by atoms with Crippen LogP contribution in [0.1, 0.15) is 81.9 Å². The molecule has 2 saturated heterocycles. The average molecular weight is 528 g/mol. The summed E-state index contributed by atoms with van der Waals surface area (Å²) < 4.78 is 12.1. The molecule has 3 unspecified atom stereocenters. The lowest BCUT2D eigenvalue weighted by atomic mass is 9.68. The minimum atomic E-state index is -0.197. The van der Waals surface area contributed by atoms with E-state index in [4.69, 9.17) is 9.47 Å². The highest BCUT2D eigenvalue weighted by molar-refractivity contribution is 5.53. The van der Waals surface area contributed by atoms with Crippen molar-refractivity contribution in [3.05, 3.63) is 83.0 Å². The molecule has 3 atom stereocenters. The van der Waals surface area contributed by atoms with E-state index in [-0.39, 0.29) is 23.7 Å². The van der Waals surface area contributed by atoms with Crippen LogP contribution in [0.4, 0.5) is 5.69 Å². The number of rotatable bonds is 5. The van der Waals surface area contributed by atoms with Crippen molar-refractivity contribution in [2.24, 2.45) is 11.3 Å². The van der Waals surface area contributed by atoms with Gasteiger partial charge in [0.05, 0.1) is 19.3 Å². The number of piperidine rings is 1. The van der Waals surface area contributed by atoms with Crippen molar-refractivity contribution >= 4 is 5.69 Å². The first kappa shape index (κ1) is 26.7. The maximum Gasteiger partial charge on any atom is 0.120 e. The molecule has 2 fully saturated rings. The monoisotopic (exact) mass is 527 g/mol. The number of allylic oxidation sites excluding steroid dienone is 4. The predicted octanol–water partition coefficient (Wildman–Crippen LogP) is 7.20. The first-order valence-electron chi connectivity index (χ1n) is 15.1. The van der Waals surface area contributed by atoms with E-state index in [1.807, 2.05) is 0 Å². The van der Waals surface area contributed by atoms with Gasteiger partial charge in [-0.15, -0.1) is 0 Å². The minimum absolute atomic E-state index is 0.0346. The third-order valence-electron chi connectivity index (χ3n) is 9.38.